The van der Waals surface area contributed by atoms with Crippen molar-refractivity contribution < 1.29 is 14.3 Å². The second-order valence-electron chi connectivity index (χ2n) is 7.46. The van der Waals surface area contributed by atoms with Gasteiger partial charge in [-0.3, -0.25) is 14.4 Å². The van der Waals surface area contributed by atoms with Crippen molar-refractivity contribution in [1.82, 2.24) is 9.88 Å². The summed E-state index contributed by atoms with van der Waals surface area (Å²) in [5.41, 5.74) is 1.69. The average Bonchev–Trinajstić information content (AvgIpc) is 2.83. The summed E-state index contributed by atoms with van der Waals surface area (Å²) in [5.74, 6) is -0.144. The molecular formula is C26H21ClN2O4. The zero-order valence-electron chi connectivity index (χ0n) is 18.1. The smallest absolute Gasteiger partial charge is 0.251 e. The van der Waals surface area contributed by atoms with Gasteiger partial charge in [0.1, 0.15) is 5.75 Å². The van der Waals surface area contributed by atoms with Crippen LogP contribution in [0.4, 0.5) is 0 Å². The van der Waals surface area contributed by atoms with E-state index in [0.29, 0.717) is 32.9 Å². The van der Waals surface area contributed by atoms with Crippen LogP contribution in [0.25, 0.3) is 16.6 Å². The summed E-state index contributed by atoms with van der Waals surface area (Å²) < 4.78 is 6.89. The van der Waals surface area contributed by atoms with E-state index in [1.165, 1.54) is 14.0 Å². The molecular weight excluding hydrogens is 440 g/mol. The van der Waals surface area contributed by atoms with Gasteiger partial charge in [0.15, 0.2) is 11.2 Å². The Morgan fingerprint density at radius 2 is 1.76 bits per heavy atom. The minimum absolute atomic E-state index is 0.116. The van der Waals surface area contributed by atoms with Crippen LogP contribution >= 0.6 is 11.6 Å². The van der Waals surface area contributed by atoms with E-state index in [4.69, 9.17) is 16.3 Å². The number of methoxy groups -OCH3 is 1. The standard InChI is InChI=1S/C26H21ClN2O4/c1-16(30)24-22(15-28-26(32)17-7-6-10-20(13-17)33-2)25(31)21-12-11-18(27)14-23(21)29(24)19-8-4-3-5-9-19/h3-14H,15H2,1-2H3,(H,28,32). The third-order valence-electron chi connectivity index (χ3n) is 5.33. The molecule has 1 aromatic heterocycles. The maximum absolute atomic E-state index is 13.4. The van der Waals surface area contributed by atoms with E-state index in [9.17, 15) is 14.4 Å². The number of pyridine rings is 1. The number of benzene rings is 3. The second kappa shape index (κ2) is 9.30. The van der Waals surface area contributed by atoms with E-state index < -0.39 is 0 Å². The van der Waals surface area contributed by atoms with Crippen molar-refractivity contribution in [3.63, 3.8) is 0 Å². The molecule has 0 fully saturated rings. The fourth-order valence-electron chi connectivity index (χ4n) is 3.82. The highest BCUT2D eigenvalue weighted by atomic mass is 35.5. The van der Waals surface area contributed by atoms with Gasteiger partial charge in [-0.15, -0.1) is 0 Å². The van der Waals surface area contributed by atoms with E-state index in [1.807, 2.05) is 30.3 Å². The van der Waals surface area contributed by atoms with Crippen LogP contribution in [-0.4, -0.2) is 23.4 Å². The molecule has 4 rings (SSSR count). The van der Waals surface area contributed by atoms with Crippen LogP contribution in [-0.2, 0) is 6.54 Å². The Hall–Kier alpha value is -3.90. The number of halogens is 1. The van der Waals surface area contributed by atoms with Gasteiger partial charge in [0.2, 0.25) is 0 Å². The van der Waals surface area contributed by atoms with Crippen molar-refractivity contribution >= 4 is 34.2 Å². The Balaban J connectivity index is 1.87. The van der Waals surface area contributed by atoms with Gasteiger partial charge < -0.3 is 14.6 Å². The lowest BCUT2D eigenvalue weighted by atomic mass is 10.0. The predicted molar refractivity (Wildman–Crippen MR) is 129 cm³/mol. The minimum atomic E-state index is -0.384. The molecule has 0 radical (unpaired) electrons. The number of Topliss-reactive ketones (excluding diaryl/α,β-unsaturated/α-hetero) is 1. The van der Waals surface area contributed by atoms with E-state index in [1.54, 1.807) is 47.0 Å². The van der Waals surface area contributed by atoms with Crippen LogP contribution in [0.2, 0.25) is 5.02 Å². The molecule has 166 valence electrons. The maximum atomic E-state index is 13.4. The number of ketones is 1. The highest BCUT2D eigenvalue weighted by molar-refractivity contribution is 6.31. The Bertz CT molecular complexity index is 1430. The normalized spacial score (nSPS) is 10.8. The lowest BCUT2D eigenvalue weighted by molar-refractivity contribution is 0.0946. The van der Waals surface area contributed by atoms with Crippen LogP contribution in [0.15, 0.2) is 77.6 Å². The monoisotopic (exact) mass is 460 g/mol. The van der Waals surface area contributed by atoms with Gasteiger partial charge in [0, 0.05) is 40.7 Å². The number of nitrogens with one attached hydrogen (secondary N) is 1. The molecule has 6 nitrogen and oxygen atoms in total. The van der Waals surface area contributed by atoms with E-state index in [2.05, 4.69) is 5.32 Å². The Morgan fingerprint density at radius 3 is 2.45 bits per heavy atom. The lowest BCUT2D eigenvalue weighted by Crippen LogP contribution is -2.30. The number of carbonyl (C=O) groups excluding carboxylic acids is 2. The molecule has 4 aromatic rings. The number of hydrogen-bond donors (Lipinski definition) is 1. The zero-order chi connectivity index (χ0) is 23.5. The number of nitrogens with zero attached hydrogens (tertiary/aromatic N) is 1. The number of aromatic nitrogens is 1. The molecule has 0 unspecified atom stereocenters. The summed E-state index contributed by atoms with van der Waals surface area (Å²) in [6.07, 6.45) is 0. The molecule has 7 heteroatoms. The number of carbonyl (C=O) groups is 2. The quantitative estimate of drug-likeness (QED) is 0.420. The molecule has 1 heterocycles. The van der Waals surface area contributed by atoms with Crippen molar-refractivity contribution in [2.45, 2.75) is 13.5 Å². The predicted octanol–water partition coefficient (Wildman–Crippen LogP) is 4.79. The first-order chi connectivity index (χ1) is 15.9. The molecule has 0 aliphatic heterocycles. The number of hydrogen-bond acceptors (Lipinski definition) is 4. The maximum Gasteiger partial charge on any atom is 0.251 e. The number of ether oxygens (including phenoxy) is 1. The summed E-state index contributed by atoms with van der Waals surface area (Å²) in [6.45, 7) is 1.28. The summed E-state index contributed by atoms with van der Waals surface area (Å²) in [5, 5.41) is 3.62. The first kappa shape index (κ1) is 22.3. The average molecular weight is 461 g/mol. The first-order valence-corrected chi connectivity index (χ1v) is 10.6. The van der Waals surface area contributed by atoms with Gasteiger partial charge >= 0.3 is 0 Å². The number of rotatable bonds is 6. The Labute approximate surface area is 195 Å². The molecule has 0 bridgehead atoms. The van der Waals surface area contributed by atoms with Gasteiger partial charge in [0.05, 0.1) is 18.3 Å². The highest BCUT2D eigenvalue weighted by Gasteiger charge is 2.22. The van der Waals surface area contributed by atoms with Crippen LogP contribution < -0.4 is 15.5 Å². The Morgan fingerprint density at radius 1 is 1.00 bits per heavy atom. The van der Waals surface area contributed by atoms with Crippen molar-refractivity contribution in [2.24, 2.45) is 0 Å². The second-order valence-corrected chi connectivity index (χ2v) is 7.90. The van der Waals surface area contributed by atoms with Gasteiger partial charge in [-0.25, -0.2) is 0 Å². The van der Waals surface area contributed by atoms with Gasteiger partial charge in [-0.1, -0.05) is 35.9 Å². The molecule has 33 heavy (non-hydrogen) atoms. The van der Waals surface area contributed by atoms with E-state index in [0.717, 1.165) is 0 Å². The molecule has 0 atom stereocenters. The van der Waals surface area contributed by atoms with Gasteiger partial charge in [0.25, 0.3) is 5.91 Å². The molecule has 0 saturated heterocycles. The molecule has 0 spiro atoms. The van der Waals surface area contributed by atoms with Crippen molar-refractivity contribution in [2.75, 3.05) is 7.11 Å². The van der Waals surface area contributed by atoms with E-state index >= 15 is 0 Å². The summed E-state index contributed by atoms with van der Waals surface area (Å²) in [4.78, 5) is 39.0. The van der Waals surface area contributed by atoms with Crippen LogP contribution in [0.1, 0.15) is 33.3 Å². The number of fused-ring (bicyclic) bond motifs is 1. The Kier molecular flexibility index (Phi) is 6.29. The molecule has 3 aromatic carbocycles. The largest absolute Gasteiger partial charge is 0.497 e. The summed E-state index contributed by atoms with van der Waals surface area (Å²) in [6, 6.07) is 20.9. The number of para-hydroxylation sites is 1. The van der Waals surface area contributed by atoms with Crippen LogP contribution in [0, 0.1) is 0 Å². The molecule has 1 amide bonds. The summed E-state index contributed by atoms with van der Waals surface area (Å²) in [7, 11) is 1.52. The van der Waals surface area contributed by atoms with Crippen molar-refractivity contribution in [3.05, 3.63) is 105 Å². The fraction of sp³-hybridized carbons (Fsp3) is 0.115. The van der Waals surface area contributed by atoms with Crippen LogP contribution in [0.5, 0.6) is 5.75 Å². The molecule has 0 aliphatic carbocycles. The van der Waals surface area contributed by atoms with Gasteiger partial charge in [-0.2, -0.15) is 0 Å². The molecule has 1 N–H and O–H groups in total. The first-order valence-electron chi connectivity index (χ1n) is 10.3. The SMILES string of the molecule is COc1cccc(C(=O)NCc2c(C(C)=O)n(-c3ccccc3)c3cc(Cl)ccc3c2=O)c1. The third kappa shape index (κ3) is 4.38. The number of amides is 1. The lowest BCUT2D eigenvalue weighted by Gasteiger charge is -2.19. The molecule has 0 aliphatic rings. The molecule has 0 saturated carbocycles. The minimum Gasteiger partial charge on any atom is -0.497 e. The zero-order valence-corrected chi connectivity index (χ0v) is 18.8. The highest BCUT2D eigenvalue weighted by Crippen LogP contribution is 2.25. The van der Waals surface area contributed by atoms with Crippen molar-refractivity contribution in [1.29, 1.82) is 0 Å². The topological polar surface area (TPSA) is 77.4 Å². The third-order valence-corrected chi connectivity index (χ3v) is 5.57. The fourth-order valence-corrected chi connectivity index (χ4v) is 3.99. The summed E-state index contributed by atoms with van der Waals surface area (Å²) >= 11 is 6.23. The van der Waals surface area contributed by atoms with Crippen LogP contribution in [0.3, 0.4) is 0 Å². The van der Waals surface area contributed by atoms with E-state index in [-0.39, 0.29) is 34.9 Å². The van der Waals surface area contributed by atoms with Gasteiger partial charge in [-0.05, 0) is 48.5 Å². The van der Waals surface area contributed by atoms with Crippen molar-refractivity contribution in [3.8, 4) is 11.4 Å².